The Morgan fingerprint density at radius 1 is 1.00 bits per heavy atom. The number of hydrogen-bond donors (Lipinski definition) is 1. The molecule has 1 aromatic carbocycles. The number of hydrogen-bond acceptors (Lipinski definition) is 3. The van der Waals surface area contributed by atoms with Crippen LogP contribution in [-0.2, 0) is 13.0 Å². The van der Waals surface area contributed by atoms with Crippen molar-refractivity contribution in [2.45, 2.75) is 19.9 Å². The highest BCUT2D eigenvalue weighted by Crippen LogP contribution is 2.32. The summed E-state index contributed by atoms with van der Waals surface area (Å²) in [6.07, 6.45) is 8.56. The zero-order valence-corrected chi connectivity index (χ0v) is 18.7. The Kier molecular flexibility index (Phi) is 4.55. The van der Waals surface area contributed by atoms with Crippen LogP contribution in [0.3, 0.4) is 0 Å². The van der Waals surface area contributed by atoms with Crippen LogP contribution in [0.5, 0.6) is 0 Å². The van der Waals surface area contributed by atoms with E-state index in [1.807, 2.05) is 30.6 Å². The third-order valence-corrected chi connectivity index (χ3v) is 6.38. The summed E-state index contributed by atoms with van der Waals surface area (Å²) in [4.78, 5) is 26.8. The molecule has 1 aliphatic heterocycles. The number of rotatable bonds is 4. The van der Waals surface area contributed by atoms with E-state index in [0.29, 0.717) is 22.9 Å². The number of nitrogens with one attached hydrogen (secondary N) is 1. The van der Waals surface area contributed by atoms with Gasteiger partial charge in [-0.1, -0.05) is 24.6 Å². The first-order valence-electron chi connectivity index (χ1n) is 10.8. The molecule has 0 unspecified atom stereocenters. The minimum atomic E-state index is -0.0500. The number of aromatic nitrogens is 4. The second kappa shape index (κ2) is 7.60. The molecule has 0 bridgehead atoms. The number of aromatic amines is 1. The highest BCUT2D eigenvalue weighted by Gasteiger charge is 2.29. The third-order valence-electron chi connectivity index (χ3n) is 6.16. The van der Waals surface area contributed by atoms with Crippen molar-refractivity contribution in [1.82, 2.24) is 19.4 Å². The highest BCUT2D eigenvalue weighted by molar-refractivity contribution is 6.30. The van der Waals surface area contributed by atoms with Gasteiger partial charge >= 0.3 is 0 Å². The quantitative estimate of drug-likeness (QED) is 0.375. The minimum Gasteiger partial charge on any atom is -0.364 e. The molecule has 0 spiro atoms. The zero-order chi connectivity index (χ0) is 22.5. The van der Waals surface area contributed by atoms with Crippen LogP contribution < -0.4 is 4.90 Å². The molecule has 0 saturated heterocycles. The summed E-state index contributed by atoms with van der Waals surface area (Å²) in [7, 11) is 0. The molecule has 0 radical (unpaired) electrons. The molecule has 0 fully saturated rings. The van der Waals surface area contributed by atoms with E-state index in [4.69, 9.17) is 11.6 Å². The summed E-state index contributed by atoms with van der Waals surface area (Å²) in [5.41, 5.74) is 8.02. The fourth-order valence-corrected chi connectivity index (χ4v) is 4.48. The molecule has 7 heteroatoms. The van der Waals surface area contributed by atoms with Gasteiger partial charge in [-0.2, -0.15) is 0 Å². The number of halogens is 1. The van der Waals surface area contributed by atoms with Crippen molar-refractivity contribution >= 4 is 29.0 Å². The van der Waals surface area contributed by atoms with Crippen LogP contribution in [-0.4, -0.2) is 25.3 Å². The maximum Gasteiger partial charge on any atom is 0.260 e. The Morgan fingerprint density at radius 2 is 1.88 bits per heavy atom. The molecular formula is C26H20ClN5O. The molecule has 1 N–H and O–H groups in total. The standard InChI is InChI=1S/C26H20ClN5O/c1-2-21-10-18(11-28-21)17-4-7-24-30-13-23(31(24)14-17)16-3-6-22-19(9-16)15-32(26(22)33)25-8-5-20(27)12-29-25/h3-14,28H,2,15H2,1H3. The summed E-state index contributed by atoms with van der Waals surface area (Å²) in [6, 6.07) is 15.8. The first kappa shape index (κ1) is 19.8. The van der Waals surface area contributed by atoms with Gasteiger partial charge in [-0.25, -0.2) is 9.97 Å². The molecule has 5 heterocycles. The van der Waals surface area contributed by atoms with Gasteiger partial charge in [0, 0.05) is 41.0 Å². The van der Waals surface area contributed by atoms with E-state index in [2.05, 4.69) is 50.7 Å². The van der Waals surface area contributed by atoms with Crippen molar-refractivity contribution in [3.63, 3.8) is 0 Å². The molecule has 162 valence electrons. The van der Waals surface area contributed by atoms with Crippen LogP contribution in [0.4, 0.5) is 5.82 Å². The molecule has 0 atom stereocenters. The predicted octanol–water partition coefficient (Wildman–Crippen LogP) is 5.77. The van der Waals surface area contributed by atoms with E-state index in [1.165, 1.54) is 5.69 Å². The topological polar surface area (TPSA) is 66.3 Å². The van der Waals surface area contributed by atoms with Crippen molar-refractivity contribution in [3.05, 3.63) is 95.2 Å². The van der Waals surface area contributed by atoms with E-state index < -0.39 is 0 Å². The molecule has 6 nitrogen and oxygen atoms in total. The summed E-state index contributed by atoms with van der Waals surface area (Å²) in [5.74, 6) is 0.547. The number of amides is 1. The Hall–Kier alpha value is -3.90. The fraction of sp³-hybridized carbons (Fsp3) is 0.115. The number of anilines is 1. The fourth-order valence-electron chi connectivity index (χ4n) is 4.37. The molecule has 0 aliphatic carbocycles. The smallest absolute Gasteiger partial charge is 0.260 e. The van der Waals surface area contributed by atoms with E-state index in [1.54, 1.807) is 23.2 Å². The lowest BCUT2D eigenvalue weighted by Crippen LogP contribution is -2.23. The maximum atomic E-state index is 13.0. The second-order valence-corrected chi connectivity index (χ2v) is 8.59. The largest absolute Gasteiger partial charge is 0.364 e. The third kappa shape index (κ3) is 3.31. The van der Waals surface area contributed by atoms with Gasteiger partial charge in [0.05, 0.1) is 23.5 Å². The van der Waals surface area contributed by atoms with E-state index in [9.17, 15) is 4.79 Å². The molecular weight excluding hydrogens is 434 g/mol. The number of nitrogens with zero attached hydrogens (tertiary/aromatic N) is 4. The van der Waals surface area contributed by atoms with Crippen molar-refractivity contribution in [2.24, 2.45) is 0 Å². The van der Waals surface area contributed by atoms with Crippen LogP contribution in [0.2, 0.25) is 5.02 Å². The van der Waals surface area contributed by atoms with Gasteiger partial charge in [-0.05, 0) is 60.0 Å². The van der Waals surface area contributed by atoms with Gasteiger partial charge in [0.25, 0.3) is 5.91 Å². The number of fused-ring (bicyclic) bond motifs is 2. The molecule has 0 saturated carbocycles. The van der Waals surface area contributed by atoms with Crippen molar-refractivity contribution in [3.8, 4) is 22.4 Å². The van der Waals surface area contributed by atoms with E-state index in [-0.39, 0.29) is 5.91 Å². The van der Waals surface area contributed by atoms with Gasteiger partial charge in [0.1, 0.15) is 11.5 Å². The average molecular weight is 454 g/mol. The zero-order valence-electron chi connectivity index (χ0n) is 17.9. The summed E-state index contributed by atoms with van der Waals surface area (Å²) < 4.78 is 2.10. The first-order valence-corrected chi connectivity index (χ1v) is 11.2. The SMILES string of the molecule is CCc1cc(-c2ccc3ncc(-c4ccc5c(c4)CN(c4ccc(Cl)cn4)C5=O)n3c2)c[nH]1. The Bertz CT molecular complexity index is 1520. The van der Waals surface area contributed by atoms with Crippen LogP contribution >= 0.6 is 11.6 Å². The Labute approximate surface area is 195 Å². The molecule has 4 aromatic heterocycles. The van der Waals surface area contributed by atoms with E-state index in [0.717, 1.165) is 40.0 Å². The monoisotopic (exact) mass is 453 g/mol. The summed E-state index contributed by atoms with van der Waals surface area (Å²) >= 11 is 5.95. The van der Waals surface area contributed by atoms with Crippen LogP contribution in [0.15, 0.2) is 73.3 Å². The normalized spacial score (nSPS) is 13.2. The number of H-pyrrole nitrogens is 1. The van der Waals surface area contributed by atoms with Crippen molar-refractivity contribution < 1.29 is 4.79 Å². The lowest BCUT2D eigenvalue weighted by molar-refractivity contribution is 0.0996. The van der Waals surface area contributed by atoms with Crippen LogP contribution in [0.25, 0.3) is 28.0 Å². The highest BCUT2D eigenvalue weighted by atomic mass is 35.5. The number of imidazole rings is 1. The summed E-state index contributed by atoms with van der Waals surface area (Å²) in [6.45, 7) is 2.61. The molecule has 1 aliphatic rings. The summed E-state index contributed by atoms with van der Waals surface area (Å²) in [5, 5.41) is 0.544. The number of pyridine rings is 2. The number of carbonyl (C=O) groups excluding carboxylic acids is 1. The van der Waals surface area contributed by atoms with Crippen LogP contribution in [0.1, 0.15) is 28.5 Å². The number of aryl methyl sites for hydroxylation is 1. The van der Waals surface area contributed by atoms with Crippen LogP contribution in [0, 0.1) is 0 Å². The van der Waals surface area contributed by atoms with Gasteiger partial charge < -0.3 is 4.98 Å². The Morgan fingerprint density at radius 3 is 2.67 bits per heavy atom. The van der Waals surface area contributed by atoms with Gasteiger partial charge in [0.15, 0.2) is 0 Å². The molecule has 1 amide bonds. The molecule has 33 heavy (non-hydrogen) atoms. The maximum absolute atomic E-state index is 13.0. The Balaban J connectivity index is 1.37. The molecule has 6 rings (SSSR count). The average Bonchev–Trinajstić information content (AvgIpc) is 3.56. The second-order valence-electron chi connectivity index (χ2n) is 8.15. The van der Waals surface area contributed by atoms with Gasteiger partial charge in [-0.3, -0.25) is 14.1 Å². The van der Waals surface area contributed by atoms with Gasteiger partial charge in [0.2, 0.25) is 0 Å². The van der Waals surface area contributed by atoms with Gasteiger partial charge in [-0.15, -0.1) is 0 Å². The first-order chi connectivity index (χ1) is 16.1. The number of carbonyl (C=O) groups is 1. The number of benzene rings is 1. The predicted molar refractivity (Wildman–Crippen MR) is 130 cm³/mol. The van der Waals surface area contributed by atoms with Crippen molar-refractivity contribution in [1.29, 1.82) is 0 Å². The van der Waals surface area contributed by atoms with Crippen molar-refractivity contribution in [2.75, 3.05) is 4.90 Å². The lowest BCUT2D eigenvalue weighted by atomic mass is 10.0. The minimum absolute atomic E-state index is 0.0500. The van der Waals surface area contributed by atoms with E-state index >= 15 is 0 Å². The lowest BCUT2D eigenvalue weighted by Gasteiger charge is -2.13. The molecule has 5 aromatic rings.